The van der Waals surface area contributed by atoms with E-state index in [2.05, 4.69) is 54.3 Å². The van der Waals surface area contributed by atoms with Crippen LogP contribution in [0.1, 0.15) is 74.7 Å². The molecule has 0 fully saturated rings. The Morgan fingerprint density at radius 1 is 1.06 bits per heavy atom. The molecule has 0 N–H and O–H groups in total. The fourth-order valence-electron chi connectivity index (χ4n) is 2.68. The molecule has 182 valence electrons. The molecule has 0 heterocycles. The van der Waals surface area contributed by atoms with Crippen molar-refractivity contribution in [2.24, 2.45) is 11.3 Å². The Hall–Kier alpha value is -1.18. The minimum absolute atomic E-state index is 0.0705. The molecule has 6 nitrogen and oxygen atoms in total. The summed E-state index contributed by atoms with van der Waals surface area (Å²) in [5.74, 6) is -0.632. The lowest BCUT2D eigenvalue weighted by atomic mass is 9.95. The molecule has 0 aromatic heterocycles. The van der Waals surface area contributed by atoms with Crippen LogP contribution in [0.2, 0.25) is 18.1 Å². The molecule has 0 aromatic rings. The highest BCUT2D eigenvalue weighted by molar-refractivity contribution is 6.74. The van der Waals surface area contributed by atoms with E-state index in [0.29, 0.717) is 0 Å². The maximum absolute atomic E-state index is 12.0. The molecule has 31 heavy (non-hydrogen) atoms. The summed E-state index contributed by atoms with van der Waals surface area (Å²) in [4.78, 5) is 23.7. The lowest BCUT2D eigenvalue weighted by Gasteiger charge is -2.41. The van der Waals surface area contributed by atoms with Crippen LogP contribution in [0.15, 0.2) is 12.7 Å². The lowest BCUT2D eigenvalue weighted by Crippen LogP contribution is -2.48. The number of carbonyl (C=O) groups excluding carboxylic acids is 2. The maximum atomic E-state index is 12.0. The molecule has 0 aromatic carbocycles. The molecule has 0 bridgehead atoms. The van der Waals surface area contributed by atoms with Gasteiger partial charge in [-0.25, -0.2) is 0 Å². The van der Waals surface area contributed by atoms with E-state index in [-0.39, 0.29) is 43.0 Å². The standard InChI is InChI=1S/C24H46O6Si/c1-12-14-18(3)21(19(13-2)30-31(10,11)24(7,8)9)27-16-15-20(25)28-17-29-22(26)23(4,5)6/h13,18-19,21H,2,12,14-17H2,1,3-11H3/t18-,19?,21+/m1/s1. The summed E-state index contributed by atoms with van der Waals surface area (Å²) in [7, 11) is -2.02. The van der Waals surface area contributed by atoms with Crippen LogP contribution in [-0.4, -0.2) is 45.9 Å². The van der Waals surface area contributed by atoms with E-state index in [1.807, 2.05) is 6.08 Å². The quantitative estimate of drug-likeness (QED) is 0.149. The van der Waals surface area contributed by atoms with Crippen molar-refractivity contribution in [1.82, 2.24) is 0 Å². The third-order valence-electron chi connectivity index (χ3n) is 5.74. The largest absolute Gasteiger partial charge is 0.428 e. The second-order valence-corrected chi connectivity index (χ2v) is 15.5. The number of hydrogen-bond donors (Lipinski definition) is 0. The molecule has 0 rings (SSSR count). The van der Waals surface area contributed by atoms with Crippen LogP contribution in [0.3, 0.4) is 0 Å². The van der Waals surface area contributed by atoms with E-state index >= 15 is 0 Å². The van der Waals surface area contributed by atoms with Gasteiger partial charge in [0.05, 0.1) is 30.7 Å². The van der Waals surface area contributed by atoms with Crippen LogP contribution in [0.5, 0.6) is 0 Å². The first-order valence-electron chi connectivity index (χ1n) is 11.3. The van der Waals surface area contributed by atoms with Crippen molar-refractivity contribution in [2.75, 3.05) is 13.4 Å². The molecule has 7 heteroatoms. The average molecular weight is 459 g/mol. The van der Waals surface area contributed by atoms with Gasteiger partial charge in [-0.3, -0.25) is 9.59 Å². The maximum Gasteiger partial charge on any atom is 0.314 e. The third kappa shape index (κ3) is 10.8. The molecule has 3 atom stereocenters. The Bertz CT molecular complexity index is 574. The van der Waals surface area contributed by atoms with E-state index in [1.54, 1.807) is 20.8 Å². The Morgan fingerprint density at radius 2 is 1.65 bits per heavy atom. The van der Waals surface area contributed by atoms with Gasteiger partial charge in [0, 0.05) is 0 Å². The summed E-state index contributed by atoms with van der Waals surface area (Å²) in [6, 6.07) is 0. The average Bonchev–Trinajstić information content (AvgIpc) is 2.62. The molecule has 0 aliphatic heterocycles. The summed E-state index contributed by atoms with van der Waals surface area (Å²) in [5.41, 5.74) is -0.637. The SMILES string of the molecule is C=CC(O[Si](C)(C)C(C)(C)C)[C@@H](OCCC(=O)OCOC(=O)C(C)(C)C)[C@H](C)CCC. The van der Waals surface area contributed by atoms with Crippen LogP contribution in [0.25, 0.3) is 0 Å². The van der Waals surface area contributed by atoms with Gasteiger partial charge in [-0.1, -0.05) is 47.1 Å². The zero-order valence-electron chi connectivity index (χ0n) is 21.5. The van der Waals surface area contributed by atoms with Crippen LogP contribution in [-0.2, 0) is 28.2 Å². The second kappa shape index (κ2) is 12.8. The van der Waals surface area contributed by atoms with Crippen molar-refractivity contribution in [3.63, 3.8) is 0 Å². The highest BCUT2D eigenvalue weighted by Gasteiger charge is 2.41. The van der Waals surface area contributed by atoms with Gasteiger partial charge in [0.25, 0.3) is 0 Å². The topological polar surface area (TPSA) is 71.1 Å². The predicted octanol–water partition coefficient (Wildman–Crippen LogP) is 5.86. The third-order valence-corrected chi connectivity index (χ3v) is 10.2. The van der Waals surface area contributed by atoms with Gasteiger partial charge in [-0.15, -0.1) is 6.58 Å². The van der Waals surface area contributed by atoms with Crippen molar-refractivity contribution in [1.29, 1.82) is 0 Å². The van der Waals surface area contributed by atoms with Gasteiger partial charge in [0.1, 0.15) is 0 Å². The molecule has 0 saturated heterocycles. The number of carbonyl (C=O) groups is 2. The van der Waals surface area contributed by atoms with Crippen LogP contribution >= 0.6 is 0 Å². The highest BCUT2D eigenvalue weighted by Crippen LogP contribution is 2.38. The van der Waals surface area contributed by atoms with Crippen molar-refractivity contribution in [3.05, 3.63) is 12.7 Å². The smallest absolute Gasteiger partial charge is 0.314 e. The van der Waals surface area contributed by atoms with Gasteiger partial charge in [0.2, 0.25) is 6.79 Å². The van der Waals surface area contributed by atoms with Gasteiger partial charge in [-0.05, 0) is 51.2 Å². The zero-order valence-corrected chi connectivity index (χ0v) is 22.5. The Labute approximate surface area is 191 Å². The van der Waals surface area contributed by atoms with Crippen molar-refractivity contribution < 1.29 is 28.2 Å². The van der Waals surface area contributed by atoms with E-state index < -0.39 is 25.7 Å². The van der Waals surface area contributed by atoms with Gasteiger partial charge in [0.15, 0.2) is 8.32 Å². The van der Waals surface area contributed by atoms with Crippen LogP contribution in [0.4, 0.5) is 0 Å². The number of esters is 2. The minimum atomic E-state index is -2.02. The molecular formula is C24H46O6Si. The van der Waals surface area contributed by atoms with Crippen molar-refractivity contribution in [2.45, 2.75) is 105 Å². The van der Waals surface area contributed by atoms with E-state index in [4.69, 9.17) is 18.6 Å². The van der Waals surface area contributed by atoms with Crippen molar-refractivity contribution >= 4 is 20.3 Å². The summed E-state index contributed by atoms with van der Waals surface area (Å²) in [5, 5.41) is 0.0705. The Balaban J connectivity index is 4.89. The van der Waals surface area contributed by atoms with Gasteiger partial charge in [-0.2, -0.15) is 0 Å². The summed E-state index contributed by atoms with van der Waals surface area (Å²) in [6.45, 7) is 24.3. The molecule has 0 spiro atoms. The first kappa shape index (κ1) is 29.8. The Morgan fingerprint density at radius 3 is 2.10 bits per heavy atom. The summed E-state index contributed by atoms with van der Waals surface area (Å²) in [6.07, 6.45) is 3.48. The van der Waals surface area contributed by atoms with E-state index in [9.17, 15) is 9.59 Å². The monoisotopic (exact) mass is 458 g/mol. The van der Waals surface area contributed by atoms with Crippen LogP contribution < -0.4 is 0 Å². The molecule has 0 saturated carbocycles. The second-order valence-electron chi connectivity index (χ2n) is 10.7. The molecule has 1 unspecified atom stereocenters. The first-order chi connectivity index (χ1) is 14.1. The fourth-order valence-corrected chi connectivity index (χ4v) is 3.95. The van der Waals surface area contributed by atoms with Crippen LogP contribution in [0, 0.1) is 11.3 Å². The summed E-state index contributed by atoms with van der Waals surface area (Å²) >= 11 is 0. The molecule has 0 amide bonds. The Kier molecular flexibility index (Phi) is 12.3. The number of ether oxygens (including phenoxy) is 3. The van der Waals surface area contributed by atoms with Gasteiger partial charge < -0.3 is 18.6 Å². The first-order valence-corrected chi connectivity index (χ1v) is 14.2. The number of hydrogen-bond acceptors (Lipinski definition) is 6. The highest BCUT2D eigenvalue weighted by atomic mass is 28.4. The zero-order chi connectivity index (χ0) is 24.5. The van der Waals surface area contributed by atoms with Gasteiger partial charge >= 0.3 is 11.9 Å². The minimum Gasteiger partial charge on any atom is -0.428 e. The van der Waals surface area contributed by atoms with E-state index in [1.165, 1.54) is 0 Å². The molecule has 0 aliphatic rings. The molecule has 0 aliphatic carbocycles. The van der Waals surface area contributed by atoms with E-state index in [0.717, 1.165) is 12.8 Å². The predicted molar refractivity (Wildman–Crippen MR) is 127 cm³/mol. The normalized spacial score (nSPS) is 15.7. The summed E-state index contributed by atoms with van der Waals surface area (Å²) < 4.78 is 22.7. The molecular weight excluding hydrogens is 412 g/mol. The number of rotatable bonds is 13. The van der Waals surface area contributed by atoms with Crippen molar-refractivity contribution in [3.8, 4) is 0 Å². The fraction of sp³-hybridized carbons (Fsp3) is 0.833. The lowest BCUT2D eigenvalue weighted by molar-refractivity contribution is -0.174. The molecule has 0 radical (unpaired) electrons.